The first-order chi connectivity index (χ1) is 11.1. The van der Waals surface area contributed by atoms with Crippen LogP contribution in [0.25, 0.3) is 5.78 Å². The number of fused-ring (bicyclic) bond motifs is 1. The van der Waals surface area contributed by atoms with Gasteiger partial charge in [0.2, 0.25) is 5.16 Å². The van der Waals surface area contributed by atoms with Crippen LogP contribution in [0.1, 0.15) is 17.0 Å². The summed E-state index contributed by atoms with van der Waals surface area (Å²) in [6.07, 6.45) is 0. The van der Waals surface area contributed by atoms with Gasteiger partial charge in [0.05, 0.1) is 5.75 Å². The first-order valence-electron chi connectivity index (χ1n) is 7.15. The summed E-state index contributed by atoms with van der Waals surface area (Å²) < 4.78 is 6.90. The number of esters is 1. The third-order valence-corrected chi connectivity index (χ3v) is 3.97. The molecule has 2 heterocycles. The highest BCUT2D eigenvalue weighted by molar-refractivity contribution is 7.99. The van der Waals surface area contributed by atoms with Crippen LogP contribution in [0.4, 0.5) is 0 Å². The number of hydrogen-bond acceptors (Lipinski definition) is 6. The molecule has 6 nitrogen and oxygen atoms in total. The summed E-state index contributed by atoms with van der Waals surface area (Å²) in [6.45, 7) is 4.13. The zero-order valence-corrected chi connectivity index (χ0v) is 13.7. The van der Waals surface area contributed by atoms with E-state index in [4.69, 9.17) is 4.74 Å². The fraction of sp³-hybridized carbons (Fsp3) is 0.250. The van der Waals surface area contributed by atoms with Crippen molar-refractivity contribution in [2.45, 2.75) is 25.6 Å². The van der Waals surface area contributed by atoms with Crippen molar-refractivity contribution < 1.29 is 9.53 Å². The zero-order valence-electron chi connectivity index (χ0n) is 12.9. The first-order valence-corrected chi connectivity index (χ1v) is 8.14. The van der Waals surface area contributed by atoms with Gasteiger partial charge in [-0.25, -0.2) is 9.50 Å². The van der Waals surface area contributed by atoms with E-state index < -0.39 is 0 Å². The number of aromatic nitrogens is 4. The number of aryl methyl sites for hydroxylation is 2. The summed E-state index contributed by atoms with van der Waals surface area (Å²) in [5.41, 5.74) is 2.81. The van der Waals surface area contributed by atoms with E-state index in [0.29, 0.717) is 10.9 Å². The quantitative estimate of drug-likeness (QED) is 0.530. The zero-order chi connectivity index (χ0) is 16.2. The van der Waals surface area contributed by atoms with Crippen molar-refractivity contribution in [3.05, 3.63) is 53.3 Å². The smallest absolute Gasteiger partial charge is 0.316 e. The molecule has 0 aliphatic heterocycles. The number of carbonyl (C=O) groups is 1. The number of benzene rings is 1. The minimum absolute atomic E-state index is 0.168. The molecule has 0 radical (unpaired) electrons. The minimum atomic E-state index is -0.293. The molecule has 3 aromatic rings. The molecule has 0 saturated carbocycles. The van der Waals surface area contributed by atoms with Crippen LogP contribution in [0.15, 0.2) is 41.6 Å². The van der Waals surface area contributed by atoms with Crippen molar-refractivity contribution >= 4 is 23.5 Å². The Hall–Kier alpha value is -2.41. The average molecular weight is 328 g/mol. The molecule has 3 rings (SSSR count). The highest BCUT2D eigenvalue weighted by Crippen LogP contribution is 2.15. The van der Waals surface area contributed by atoms with Crippen molar-refractivity contribution in [2.24, 2.45) is 0 Å². The van der Waals surface area contributed by atoms with Crippen LogP contribution in [0, 0.1) is 13.8 Å². The standard InChI is InChI=1S/C16H16N4O2S/c1-11-8-12(2)20-15(17-11)18-16(19-20)23-10-14(21)22-9-13-6-4-3-5-7-13/h3-8H,9-10H2,1-2H3. The van der Waals surface area contributed by atoms with Gasteiger partial charge in [-0.05, 0) is 25.5 Å². The van der Waals surface area contributed by atoms with Crippen molar-refractivity contribution in [1.82, 2.24) is 19.6 Å². The fourth-order valence-corrected chi connectivity index (χ4v) is 2.73. The molecule has 0 fully saturated rings. The lowest BCUT2D eigenvalue weighted by molar-refractivity contribution is -0.141. The van der Waals surface area contributed by atoms with Gasteiger partial charge in [-0.15, -0.1) is 5.10 Å². The molecule has 0 atom stereocenters. The highest BCUT2D eigenvalue weighted by Gasteiger charge is 2.11. The Labute approximate surface area is 137 Å². The van der Waals surface area contributed by atoms with Crippen molar-refractivity contribution in [3.63, 3.8) is 0 Å². The number of ether oxygens (including phenoxy) is 1. The van der Waals surface area contributed by atoms with E-state index in [2.05, 4.69) is 15.1 Å². The fourth-order valence-electron chi connectivity index (χ4n) is 2.11. The Bertz CT molecular complexity index is 833. The number of hydrogen-bond donors (Lipinski definition) is 0. The molecule has 0 aliphatic carbocycles. The SMILES string of the molecule is Cc1cc(C)n2nc(SCC(=O)OCc3ccccc3)nc2n1. The van der Waals surface area contributed by atoms with Crippen molar-refractivity contribution in [2.75, 3.05) is 5.75 Å². The Morgan fingerprint density at radius 2 is 2.00 bits per heavy atom. The van der Waals surface area contributed by atoms with Crippen molar-refractivity contribution in [1.29, 1.82) is 0 Å². The normalized spacial score (nSPS) is 10.9. The molecule has 0 N–H and O–H groups in total. The van der Waals surface area contributed by atoms with E-state index >= 15 is 0 Å². The van der Waals surface area contributed by atoms with E-state index in [1.54, 1.807) is 4.52 Å². The summed E-state index contributed by atoms with van der Waals surface area (Å²) in [6, 6.07) is 11.5. The maximum absolute atomic E-state index is 11.8. The molecule has 2 aromatic heterocycles. The van der Waals surface area contributed by atoms with E-state index in [1.807, 2.05) is 50.2 Å². The second-order valence-corrected chi connectivity index (χ2v) is 6.02. The van der Waals surface area contributed by atoms with Gasteiger partial charge in [0.15, 0.2) is 0 Å². The number of carbonyl (C=O) groups excluding carboxylic acids is 1. The van der Waals surface area contributed by atoms with Crippen LogP contribution in [0.5, 0.6) is 0 Å². The molecule has 118 valence electrons. The van der Waals surface area contributed by atoms with Gasteiger partial charge in [0, 0.05) is 11.4 Å². The van der Waals surface area contributed by atoms with Crippen LogP contribution in [-0.2, 0) is 16.1 Å². The molecule has 1 aromatic carbocycles. The van der Waals surface area contributed by atoms with Crippen LogP contribution >= 0.6 is 11.8 Å². The molecule has 0 aliphatic rings. The van der Waals surface area contributed by atoms with Gasteiger partial charge in [-0.3, -0.25) is 4.79 Å². The third kappa shape index (κ3) is 3.87. The van der Waals surface area contributed by atoms with Gasteiger partial charge in [-0.2, -0.15) is 4.98 Å². The monoisotopic (exact) mass is 328 g/mol. The Kier molecular flexibility index (Phi) is 4.57. The number of rotatable bonds is 5. The Morgan fingerprint density at radius 3 is 2.78 bits per heavy atom. The summed E-state index contributed by atoms with van der Waals surface area (Å²) in [7, 11) is 0. The molecule has 0 bridgehead atoms. The maximum Gasteiger partial charge on any atom is 0.316 e. The molecule has 23 heavy (non-hydrogen) atoms. The van der Waals surface area contributed by atoms with Gasteiger partial charge in [0.1, 0.15) is 6.61 Å². The lowest BCUT2D eigenvalue weighted by Crippen LogP contribution is -2.07. The third-order valence-electron chi connectivity index (χ3n) is 3.16. The average Bonchev–Trinajstić information content (AvgIpc) is 2.95. The summed E-state index contributed by atoms with van der Waals surface area (Å²) in [5, 5.41) is 4.86. The van der Waals surface area contributed by atoms with Crippen LogP contribution < -0.4 is 0 Å². The van der Waals surface area contributed by atoms with Gasteiger partial charge < -0.3 is 4.74 Å². The number of thioether (sulfide) groups is 1. The van der Waals surface area contributed by atoms with E-state index in [1.165, 1.54) is 11.8 Å². The molecule has 0 unspecified atom stereocenters. The largest absolute Gasteiger partial charge is 0.460 e. The highest BCUT2D eigenvalue weighted by atomic mass is 32.2. The molecule has 7 heteroatoms. The Morgan fingerprint density at radius 1 is 1.22 bits per heavy atom. The summed E-state index contributed by atoms with van der Waals surface area (Å²) in [5.74, 6) is 0.420. The number of nitrogens with zero attached hydrogens (tertiary/aromatic N) is 4. The van der Waals surface area contributed by atoms with E-state index in [0.717, 1.165) is 17.0 Å². The summed E-state index contributed by atoms with van der Waals surface area (Å²) >= 11 is 1.25. The van der Waals surface area contributed by atoms with Crippen LogP contribution in [0.2, 0.25) is 0 Å². The summed E-state index contributed by atoms with van der Waals surface area (Å²) in [4.78, 5) is 20.4. The molecule has 0 saturated heterocycles. The lowest BCUT2D eigenvalue weighted by Gasteiger charge is -2.03. The van der Waals surface area contributed by atoms with Crippen LogP contribution in [0.3, 0.4) is 0 Å². The second-order valence-electron chi connectivity index (χ2n) is 5.08. The predicted octanol–water partition coefficient (Wildman–Crippen LogP) is 2.58. The molecular formula is C16H16N4O2S. The molecule has 0 amide bonds. The van der Waals surface area contributed by atoms with Crippen LogP contribution in [-0.4, -0.2) is 31.3 Å². The van der Waals surface area contributed by atoms with E-state index in [9.17, 15) is 4.79 Å². The minimum Gasteiger partial charge on any atom is -0.460 e. The predicted molar refractivity (Wildman–Crippen MR) is 87.2 cm³/mol. The Balaban J connectivity index is 1.57. The lowest BCUT2D eigenvalue weighted by atomic mass is 10.2. The topological polar surface area (TPSA) is 69.4 Å². The molecular weight excluding hydrogens is 312 g/mol. The second kappa shape index (κ2) is 6.78. The molecule has 0 spiro atoms. The van der Waals surface area contributed by atoms with E-state index in [-0.39, 0.29) is 18.3 Å². The van der Waals surface area contributed by atoms with Gasteiger partial charge in [-0.1, -0.05) is 42.1 Å². The van der Waals surface area contributed by atoms with Gasteiger partial charge in [0.25, 0.3) is 5.78 Å². The maximum atomic E-state index is 11.8. The van der Waals surface area contributed by atoms with Gasteiger partial charge >= 0.3 is 5.97 Å². The van der Waals surface area contributed by atoms with Crippen molar-refractivity contribution in [3.8, 4) is 0 Å². The first kappa shape index (κ1) is 15.5.